The Kier molecular flexibility index (Phi) is 4.19. The van der Waals surface area contributed by atoms with Gasteiger partial charge in [-0.25, -0.2) is 4.98 Å². The van der Waals surface area contributed by atoms with Gasteiger partial charge in [0.15, 0.2) is 11.5 Å². The van der Waals surface area contributed by atoms with Crippen LogP contribution in [-0.2, 0) is 0 Å². The Hall–Kier alpha value is -1.89. The Labute approximate surface area is 124 Å². The highest BCUT2D eigenvalue weighted by Crippen LogP contribution is 2.21. The van der Waals surface area contributed by atoms with Crippen LogP contribution in [0.1, 0.15) is 19.8 Å². The molecule has 0 bridgehead atoms. The number of imidazole rings is 1. The molecule has 1 unspecified atom stereocenters. The first-order valence-electron chi connectivity index (χ1n) is 7.63. The second-order valence-electron chi connectivity index (χ2n) is 5.68. The predicted molar refractivity (Wildman–Crippen MR) is 84.6 cm³/mol. The molecule has 0 radical (unpaired) electrons. The largest absolute Gasteiger partial charge is 0.368 e. The number of H-pyrrole nitrogens is 1. The van der Waals surface area contributed by atoms with E-state index in [4.69, 9.17) is 0 Å². The van der Waals surface area contributed by atoms with Crippen LogP contribution in [0.3, 0.4) is 0 Å². The normalized spacial score (nSPS) is 19.8. The van der Waals surface area contributed by atoms with E-state index < -0.39 is 0 Å². The first-order chi connectivity index (χ1) is 10.3. The summed E-state index contributed by atoms with van der Waals surface area (Å²) in [5.41, 5.74) is 1.57. The van der Waals surface area contributed by atoms with Gasteiger partial charge in [0.05, 0.1) is 6.33 Å². The number of piperidine rings is 1. The number of anilines is 2. The molecule has 0 aromatic carbocycles. The van der Waals surface area contributed by atoms with Gasteiger partial charge in [0.2, 0.25) is 5.95 Å². The third kappa shape index (κ3) is 3.24. The number of rotatable bonds is 5. The lowest BCUT2D eigenvalue weighted by molar-refractivity contribution is 0.217. The van der Waals surface area contributed by atoms with E-state index in [1.54, 1.807) is 6.33 Å². The number of aromatic amines is 1. The third-order valence-electron chi connectivity index (χ3n) is 3.90. The van der Waals surface area contributed by atoms with Gasteiger partial charge in [-0.1, -0.05) is 0 Å². The van der Waals surface area contributed by atoms with Gasteiger partial charge in [-0.05, 0) is 39.3 Å². The maximum atomic E-state index is 4.55. The maximum absolute atomic E-state index is 4.55. The molecular weight excluding hydrogens is 266 g/mol. The topological polar surface area (TPSA) is 81.8 Å². The number of hydrogen-bond donors (Lipinski definition) is 3. The Morgan fingerprint density at radius 2 is 2.29 bits per heavy atom. The highest BCUT2D eigenvalue weighted by atomic mass is 15.2. The number of fused-ring (bicyclic) bond motifs is 1. The Balaban J connectivity index is 1.74. The van der Waals surface area contributed by atoms with Crippen LogP contribution in [0.15, 0.2) is 6.33 Å². The molecule has 1 aliphatic rings. The quantitative estimate of drug-likeness (QED) is 0.774. The highest BCUT2D eigenvalue weighted by Gasteiger charge is 2.18. The first-order valence-corrected chi connectivity index (χ1v) is 7.63. The molecule has 21 heavy (non-hydrogen) atoms. The molecule has 3 N–H and O–H groups in total. The number of hydrogen-bond acceptors (Lipinski definition) is 6. The molecule has 7 heteroatoms. The number of nitrogens with zero attached hydrogens (tertiary/aromatic N) is 4. The molecule has 114 valence electrons. The van der Waals surface area contributed by atoms with Crippen molar-refractivity contribution in [2.45, 2.75) is 19.8 Å². The van der Waals surface area contributed by atoms with Crippen molar-refractivity contribution in [3.63, 3.8) is 0 Å². The summed E-state index contributed by atoms with van der Waals surface area (Å²) in [6.07, 6.45) is 4.21. The van der Waals surface area contributed by atoms with E-state index >= 15 is 0 Å². The molecule has 0 aliphatic carbocycles. The summed E-state index contributed by atoms with van der Waals surface area (Å²) >= 11 is 0. The summed E-state index contributed by atoms with van der Waals surface area (Å²) in [6.45, 7) is 6.11. The van der Waals surface area contributed by atoms with Crippen molar-refractivity contribution in [1.29, 1.82) is 0 Å². The van der Waals surface area contributed by atoms with Crippen molar-refractivity contribution < 1.29 is 0 Å². The number of likely N-dealkylation sites (tertiary alicyclic amines) is 1. The summed E-state index contributed by atoms with van der Waals surface area (Å²) in [5, 5.41) is 6.62. The van der Waals surface area contributed by atoms with E-state index in [0.717, 1.165) is 31.0 Å². The van der Waals surface area contributed by atoms with E-state index in [1.807, 2.05) is 6.92 Å². The smallest absolute Gasteiger partial charge is 0.226 e. The minimum atomic E-state index is 0.625. The van der Waals surface area contributed by atoms with E-state index in [1.165, 1.54) is 19.4 Å². The molecule has 1 fully saturated rings. The Bertz CT molecular complexity index is 594. The lowest BCUT2D eigenvalue weighted by atomic mass is 9.98. The molecule has 0 amide bonds. The van der Waals surface area contributed by atoms with Crippen LogP contribution in [-0.4, -0.2) is 58.1 Å². The van der Waals surface area contributed by atoms with Gasteiger partial charge >= 0.3 is 0 Å². The molecule has 1 saturated heterocycles. The van der Waals surface area contributed by atoms with Gasteiger partial charge in [-0.2, -0.15) is 9.97 Å². The molecule has 0 spiro atoms. The van der Waals surface area contributed by atoms with E-state index in [2.05, 4.69) is 42.5 Å². The van der Waals surface area contributed by atoms with Crippen LogP contribution >= 0.6 is 0 Å². The van der Waals surface area contributed by atoms with Gasteiger partial charge in [-0.15, -0.1) is 0 Å². The fraction of sp³-hybridized carbons (Fsp3) is 0.643. The SMILES string of the molecule is CCNc1nc(NCC2CCCN(C)C2)c2[nH]cnc2n1. The average Bonchev–Trinajstić information content (AvgIpc) is 2.93. The zero-order valence-corrected chi connectivity index (χ0v) is 12.7. The van der Waals surface area contributed by atoms with Crippen molar-refractivity contribution >= 4 is 22.9 Å². The van der Waals surface area contributed by atoms with Crippen molar-refractivity contribution in [2.75, 3.05) is 43.9 Å². The highest BCUT2D eigenvalue weighted by molar-refractivity contribution is 5.83. The Morgan fingerprint density at radius 3 is 3.10 bits per heavy atom. The molecule has 1 aliphatic heterocycles. The molecule has 7 nitrogen and oxygen atoms in total. The monoisotopic (exact) mass is 289 g/mol. The lowest BCUT2D eigenvalue weighted by Crippen LogP contribution is -2.35. The van der Waals surface area contributed by atoms with Gasteiger partial charge in [0.25, 0.3) is 0 Å². The fourth-order valence-electron chi connectivity index (χ4n) is 2.88. The third-order valence-corrected chi connectivity index (χ3v) is 3.90. The van der Waals surface area contributed by atoms with Crippen LogP contribution < -0.4 is 10.6 Å². The van der Waals surface area contributed by atoms with Crippen molar-refractivity contribution in [3.8, 4) is 0 Å². The fourth-order valence-corrected chi connectivity index (χ4v) is 2.88. The van der Waals surface area contributed by atoms with E-state index in [-0.39, 0.29) is 0 Å². The molecular formula is C14H23N7. The first kappa shape index (κ1) is 14.1. The minimum absolute atomic E-state index is 0.625. The summed E-state index contributed by atoms with van der Waals surface area (Å²) in [5.74, 6) is 2.13. The van der Waals surface area contributed by atoms with Gasteiger partial charge < -0.3 is 20.5 Å². The second kappa shape index (κ2) is 6.26. The van der Waals surface area contributed by atoms with E-state index in [0.29, 0.717) is 17.5 Å². The molecule has 1 atom stereocenters. The van der Waals surface area contributed by atoms with Crippen LogP contribution in [0, 0.1) is 5.92 Å². The predicted octanol–water partition coefficient (Wildman–Crippen LogP) is 1.54. The Morgan fingerprint density at radius 1 is 1.38 bits per heavy atom. The minimum Gasteiger partial charge on any atom is -0.368 e. The van der Waals surface area contributed by atoms with E-state index in [9.17, 15) is 0 Å². The zero-order valence-electron chi connectivity index (χ0n) is 12.7. The molecule has 2 aromatic rings. The van der Waals surface area contributed by atoms with Crippen LogP contribution in [0.4, 0.5) is 11.8 Å². The number of nitrogens with one attached hydrogen (secondary N) is 3. The molecule has 2 aromatic heterocycles. The van der Waals surface area contributed by atoms with Crippen LogP contribution in [0.5, 0.6) is 0 Å². The summed E-state index contributed by atoms with van der Waals surface area (Å²) in [7, 11) is 2.19. The average molecular weight is 289 g/mol. The van der Waals surface area contributed by atoms with Gasteiger partial charge in [-0.3, -0.25) is 0 Å². The molecule has 0 saturated carbocycles. The maximum Gasteiger partial charge on any atom is 0.226 e. The summed E-state index contributed by atoms with van der Waals surface area (Å²) in [6, 6.07) is 0. The van der Waals surface area contributed by atoms with Crippen LogP contribution in [0.2, 0.25) is 0 Å². The lowest BCUT2D eigenvalue weighted by Gasteiger charge is -2.29. The van der Waals surface area contributed by atoms with Crippen molar-refractivity contribution in [2.24, 2.45) is 5.92 Å². The van der Waals surface area contributed by atoms with Crippen molar-refractivity contribution in [3.05, 3.63) is 6.33 Å². The zero-order chi connectivity index (χ0) is 14.7. The molecule has 3 heterocycles. The van der Waals surface area contributed by atoms with Crippen molar-refractivity contribution in [1.82, 2.24) is 24.8 Å². The van der Waals surface area contributed by atoms with Gasteiger partial charge in [0.1, 0.15) is 5.52 Å². The summed E-state index contributed by atoms with van der Waals surface area (Å²) in [4.78, 5) is 18.7. The second-order valence-corrected chi connectivity index (χ2v) is 5.68. The molecule has 3 rings (SSSR count). The van der Waals surface area contributed by atoms with Gasteiger partial charge in [0, 0.05) is 19.6 Å². The standard InChI is InChI=1S/C14H23N7/c1-3-15-14-19-12(11-13(20-14)18-9-17-11)16-7-10-5-4-6-21(2)8-10/h9-10H,3-8H2,1-2H3,(H3,15,16,17,18,19,20). The number of aromatic nitrogens is 4. The van der Waals surface area contributed by atoms with Crippen LogP contribution in [0.25, 0.3) is 11.2 Å². The summed E-state index contributed by atoms with van der Waals surface area (Å²) < 4.78 is 0.